The number of hydrogen-bond donors (Lipinski definition) is 1. The molecule has 2 heterocycles. The van der Waals surface area contributed by atoms with Gasteiger partial charge in [0.15, 0.2) is 0 Å². The lowest BCUT2D eigenvalue weighted by molar-refractivity contribution is -0.129. The van der Waals surface area contributed by atoms with Crippen LogP contribution in [0.5, 0.6) is 0 Å². The molecule has 0 aliphatic carbocycles. The number of hydrogen-bond acceptors (Lipinski definition) is 4. The summed E-state index contributed by atoms with van der Waals surface area (Å²) in [5.41, 5.74) is 0. The molecule has 1 amide bonds. The summed E-state index contributed by atoms with van der Waals surface area (Å²) in [6, 6.07) is 1.99. The molecule has 1 aliphatic rings. The average molecular weight is 238 g/mol. The third kappa shape index (κ3) is 2.48. The molecule has 0 aromatic carbocycles. The highest BCUT2D eigenvalue weighted by Gasteiger charge is 2.36. The molecule has 0 radical (unpaired) electrons. The van der Waals surface area contributed by atoms with E-state index in [1.807, 2.05) is 21.8 Å². The van der Waals surface area contributed by atoms with Crippen molar-refractivity contribution in [2.24, 2.45) is 0 Å². The Morgan fingerprint density at radius 1 is 1.59 bits per heavy atom. The number of methoxy groups -OCH3 is 1. The molecule has 0 bridgehead atoms. The van der Waals surface area contributed by atoms with E-state index in [1.165, 1.54) is 0 Å². The summed E-state index contributed by atoms with van der Waals surface area (Å²) in [6.45, 7) is 1.64. The monoisotopic (exact) mass is 238 g/mol. The Hall–Kier alpha value is -1.40. The molecule has 1 fully saturated rings. The number of carbonyl (C=O) groups excluding carboxylic acids is 1. The van der Waals surface area contributed by atoms with E-state index in [9.17, 15) is 4.79 Å². The summed E-state index contributed by atoms with van der Waals surface area (Å²) >= 11 is 0. The summed E-state index contributed by atoms with van der Waals surface area (Å²) in [6.07, 6.45) is 3.66. The van der Waals surface area contributed by atoms with Crippen LogP contribution in [0.4, 0.5) is 0 Å². The van der Waals surface area contributed by atoms with Crippen LogP contribution in [0.2, 0.25) is 0 Å². The number of rotatable bonds is 4. The minimum atomic E-state index is 0.00991. The number of aromatic nitrogens is 2. The standard InChI is InChI=1S/C11H18N4O2/c1-12-6-11(16)14-7-9(10(8-14)17-2)15-5-3-4-13-15/h3-5,9-10,12H,6-8H2,1-2H3/t9-,10-/m0/s1. The van der Waals surface area contributed by atoms with Gasteiger partial charge in [-0.05, 0) is 13.1 Å². The highest BCUT2D eigenvalue weighted by Crippen LogP contribution is 2.23. The van der Waals surface area contributed by atoms with Crippen LogP contribution in [0, 0.1) is 0 Å². The number of amides is 1. The molecule has 1 aromatic rings. The summed E-state index contributed by atoms with van der Waals surface area (Å²) < 4.78 is 7.29. The van der Waals surface area contributed by atoms with E-state index in [-0.39, 0.29) is 18.1 Å². The maximum atomic E-state index is 11.8. The van der Waals surface area contributed by atoms with Crippen LogP contribution in [0.15, 0.2) is 18.5 Å². The van der Waals surface area contributed by atoms with Crippen molar-refractivity contribution >= 4 is 5.91 Å². The zero-order valence-electron chi connectivity index (χ0n) is 10.2. The second-order valence-electron chi connectivity index (χ2n) is 4.16. The van der Waals surface area contributed by atoms with Gasteiger partial charge in [-0.15, -0.1) is 0 Å². The van der Waals surface area contributed by atoms with Gasteiger partial charge in [0.05, 0.1) is 18.7 Å². The fraction of sp³-hybridized carbons (Fsp3) is 0.636. The van der Waals surface area contributed by atoms with Gasteiger partial charge in [-0.2, -0.15) is 5.10 Å². The summed E-state index contributed by atoms with van der Waals surface area (Å²) in [4.78, 5) is 13.6. The molecular formula is C11H18N4O2. The van der Waals surface area contributed by atoms with Gasteiger partial charge in [0, 0.05) is 32.6 Å². The highest BCUT2D eigenvalue weighted by molar-refractivity contribution is 5.78. The van der Waals surface area contributed by atoms with Crippen LogP contribution in [0.25, 0.3) is 0 Å². The molecule has 2 rings (SSSR count). The fourth-order valence-corrected chi connectivity index (χ4v) is 2.19. The van der Waals surface area contributed by atoms with E-state index in [1.54, 1.807) is 20.4 Å². The molecule has 6 nitrogen and oxygen atoms in total. The van der Waals surface area contributed by atoms with E-state index in [0.717, 1.165) is 0 Å². The Bertz CT molecular complexity index is 366. The number of nitrogens with zero attached hydrogens (tertiary/aromatic N) is 3. The third-order valence-electron chi connectivity index (χ3n) is 3.09. The lowest BCUT2D eigenvalue weighted by Crippen LogP contribution is -2.36. The Kier molecular flexibility index (Phi) is 3.75. The minimum absolute atomic E-state index is 0.00991. The van der Waals surface area contributed by atoms with Crippen LogP contribution in [0.1, 0.15) is 6.04 Å². The predicted molar refractivity (Wildman–Crippen MR) is 62.6 cm³/mol. The normalized spacial score (nSPS) is 24.2. The lowest BCUT2D eigenvalue weighted by Gasteiger charge is -2.16. The van der Waals surface area contributed by atoms with E-state index >= 15 is 0 Å². The number of likely N-dealkylation sites (tertiary alicyclic amines) is 1. The molecule has 1 aromatic heterocycles. The second kappa shape index (κ2) is 5.29. The van der Waals surface area contributed by atoms with Crippen molar-refractivity contribution in [2.75, 3.05) is 33.8 Å². The lowest BCUT2D eigenvalue weighted by atomic mass is 10.2. The molecule has 0 spiro atoms. The van der Waals surface area contributed by atoms with Gasteiger partial charge < -0.3 is 15.0 Å². The molecule has 0 saturated carbocycles. The van der Waals surface area contributed by atoms with Gasteiger partial charge >= 0.3 is 0 Å². The smallest absolute Gasteiger partial charge is 0.236 e. The maximum absolute atomic E-state index is 11.8. The van der Waals surface area contributed by atoms with Gasteiger partial charge in [0.25, 0.3) is 0 Å². The van der Waals surface area contributed by atoms with Crippen molar-refractivity contribution in [1.82, 2.24) is 20.0 Å². The predicted octanol–water partition coefficient (Wildman–Crippen LogP) is -0.499. The zero-order chi connectivity index (χ0) is 12.3. The highest BCUT2D eigenvalue weighted by atomic mass is 16.5. The van der Waals surface area contributed by atoms with Crippen molar-refractivity contribution in [1.29, 1.82) is 0 Å². The largest absolute Gasteiger partial charge is 0.377 e. The van der Waals surface area contributed by atoms with E-state index in [0.29, 0.717) is 19.6 Å². The molecule has 1 saturated heterocycles. The summed E-state index contributed by atoms with van der Waals surface area (Å²) in [5, 5.41) is 7.09. The van der Waals surface area contributed by atoms with Gasteiger partial charge in [-0.1, -0.05) is 0 Å². The minimum Gasteiger partial charge on any atom is -0.377 e. The molecule has 17 heavy (non-hydrogen) atoms. The first-order valence-corrected chi connectivity index (χ1v) is 5.70. The Morgan fingerprint density at radius 3 is 3.00 bits per heavy atom. The first-order valence-electron chi connectivity index (χ1n) is 5.70. The Labute approximate surface area is 101 Å². The quantitative estimate of drug-likeness (QED) is 0.768. The maximum Gasteiger partial charge on any atom is 0.236 e. The van der Waals surface area contributed by atoms with Crippen LogP contribution < -0.4 is 5.32 Å². The van der Waals surface area contributed by atoms with Crippen molar-refractivity contribution in [2.45, 2.75) is 12.1 Å². The van der Waals surface area contributed by atoms with Gasteiger partial charge in [-0.3, -0.25) is 9.48 Å². The molecule has 0 unspecified atom stereocenters. The summed E-state index contributed by atoms with van der Waals surface area (Å²) in [5.74, 6) is 0.101. The average Bonchev–Trinajstić information content (AvgIpc) is 2.97. The van der Waals surface area contributed by atoms with Crippen molar-refractivity contribution < 1.29 is 9.53 Å². The van der Waals surface area contributed by atoms with Crippen LogP contribution in [0.3, 0.4) is 0 Å². The van der Waals surface area contributed by atoms with Crippen LogP contribution >= 0.6 is 0 Å². The van der Waals surface area contributed by atoms with Gasteiger partial charge in [-0.25, -0.2) is 0 Å². The third-order valence-corrected chi connectivity index (χ3v) is 3.09. The first-order chi connectivity index (χ1) is 8.26. The van der Waals surface area contributed by atoms with Crippen molar-refractivity contribution in [3.05, 3.63) is 18.5 Å². The van der Waals surface area contributed by atoms with E-state index in [4.69, 9.17) is 4.74 Å². The topological polar surface area (TPSA) is 59.4 Å². The van der Waals surface area contributed by atoms with E-state index < -0.39 is 0 Å². The van der Waals surface area contributed by atoms with Crippen molar-refractivity contribution in [3.63, 3.8) is 0 Å². The SMILES string of the molecule is CNCC(=O)N1C[C@H](OC)[C@@H](n2cccn2)C1. The number of carbonyl (C=O) groups is 1. The zero-order valence-corrected chi connectivity index (χ0v) is 10.2. The van der Waals surface area contributed by atoms with Crippen LogP contribution in [-0.2, 0) is 9.53 Å². The number of nitrogens with one attached hydrogen (secondary N) is 1. The van der Waals surface area contributed by atoms with Gasteiger partial charge in [0.1, 0.15) is 0 Å². The Morgan fingerprint density at radius 2 is 2.41 bits per heavy atom. The molecule has 1 aliphatic heterocycles. The summed E-state index contributed by atoms with van der Waals surface area (Å²) in [7, 11) is 3.44. The van der Waals surface area contributed by atoms with E-state index in [2.05, 4.69) is 10.4 Å². The van der Waals surface area contributed by atoms with Crippen LogP contribution in [-0.4, -0.2) is 60.5 Å². The molecule has 6 heteroatoms. The molecule has 94 valence electrons. The Balaban J connectivity index is 2.06. The van der Waals surface area contributed by atoms with Gasteiger partial charge in [0.2, 0.25) is 5.91 Å². The second-order valence-corrected chi connectivity index (χ2v) is 4.16. The molecular weight excluding hydrogens is 220 g/mol. The number of ether oxygens (including phenoxy) is 1. The van der Waals surface area contributed by atoms with Crippen molar-refractivity contribution in [3.8, 4) is 0 Å². The first kappa shape index (κ1) is 12.1. The fourth-order valence-electron chi connectivity index (χ4n) is 2.19. The molecule has 1 N–H and O–H groups in total. The molecule has 2 atom stereocenters. The number of likely N-dealkylation sites (N-methyl/N-ethyl adjacent to an activating group) is 1.